The molecule has 0 aromatic heterocycles. The first-order valence-corrected chi connectivity index (χ1v) is 26.7. The molecule has 0 unspecified atom stereocenters. The minimum Gasteiger partial charge on any atom is -0.0656 e. The van der Waals surface area contributed by atoms with E-state index in [9.17, 15) is 0 Å². The van der Waals surface area contributed by atoms with Crippen LogP contribution in [0.3, 0.4) is 0 Å². The van der Waals surface area contributed by atoms with Crippen LogP contribution >= 0.6 is 15.8 Å². The molecular formula is C44H48P2Si2. The highest BCUT2D eigenvalue weighted by Crippen LogP contribution is 2.43. The number of rotatable bonds is 9. The van der Waals surface area contributed by atoms with Crippen molar-refractivity contribution in [2.24, 2.45) is 0 Å². The summed E-state index contributed by atoms with van der Waals surface area (Å²) < 4.78 is 0. The molecule has 0 aliphatic rings. The highest BCUT2D eigenvalue weighted by Gasteiger charge is 2.35. The van der Waals surface area contributed by atoms with Gasteiger partial charge >= 0.3 is 0 Å². The third-order valence-electron chi connectivity index (χ3n) is 9.14. The number of hydrogen-bond acceptors (Lipinski definition) is 0. The Bertz CT molecular complexity index is 1770. The molecule has 0 radical (unpaired) electrons. The van der Waals surface area contributed by atoms with Crippen molar-refractivity contribution in [3.05, 3.63) is 157 Å². The molecule has 6 aromatic carbocycles. The maximum Gasteiger partial charge on any atom is 0.0784 e. The minimum absolute atomic E-state index is 0.829. The topological polar surface area (TPSA) is 0 Å². The Kier molecular flexibility index (Phi) is 10.2. The lowest BCUT2D eigenvalue weighted by Gasteiger charge is -2.35. The molecule has 242 valence electrons. The Hall–Kier alpha value is -3.39. The van der Waals surface area contributed by atoms with Gasteiger partial charge in [-0.25, -0.2) is 0 Å². The van der Waals surface area contributed by atoms with E-state index in [4.69, 9.17) is 0 Å². The summed E-state index contributed by atoms with van der Waals surface area (Å²) in [7, 11) is -5.26. The van der Waals surface area contributed by atoms with E-state index < -0.39 is 32.0 Å². The molecule has 6 rings (SSSR count). The Morgan fingerprint density at radius 3 is 0.812 bits per heavy atom. The quantitative estimate of drug-likeness (QED) is 0.105. The van der Waals surface area contributed by atoms with Crippen LogP contribution in [0.15, 0.2) is 146 Å². The van der Waals surface area contributed by atoms with Crippen molar-refractivity contribution in [1.29, 1.82) is 0 Å². The summed E-state index contributed by atoms with van der Waals surface area (Å²) in [6.45, 7) is 19.9. The fourth-order valence-electron chi connectivity index (χ4n) is 6.81. The van der Waals surface area contributed by atoms with Crippen molar-refractivity contribution >= 4 is 74.2 Å². The van der Waals surface area contributed by atoms with Crippen LogP contribution < -0.4 is 42.2 Å². The van der Waals surface area contributed by atoms with E-state index in [2.05, 4.69) is 199 Å². The van der Waals surface area contributed by atoms with Gasteiger partial charge in [0, 0.05) is 0 Å². The van der Waals surface area contributed by atoms with Crippen LogP contribution in [0, 0.1) is 13.8 Å². The standard InChI is InChI=1S/C44H48P2Si2/c1-33-29-31-39(47(3,4)5)43(45(35-21-13-9-14-22-35)36-23-15-10-16-24-36)41(33)42-34(2)30-32-40(48(6,7)8)44(42)46(37-25-17-11-18-26-37)38-27-19-12-20-28-38/h9-32H,1-8H3. The second kappa shape index (κ2) is 14.2. The van der Waals surface area contributed by atoms with E-state index in [1.807, 2.05) is 0 Å². The molecule has 0 spiro atoms. The lowest BCUT2D eigenvalue weighted by molar-refractivity contribution is 1.44. The molecule has 6 aromatic rings. The minimum atomic E-state index is -1.80. The second-order valence-corrected chi connectivity index (χ2v) is 29.2. The molecule has 0 nitrogen and oxygen atoms in total. The van der Waals surface area contributed by atoms with Crippen molar-refractivity contribution in [3.8, 4) is 11.1 Å². The van der Waals surface area contributed by atoms with Crippen LogP contribution in [0.1, 0.15) is 11.1 Å². The first-order chi connectivity index (χ1) is 23.0. The summed E-state index contributed by atoms with van der Waals surface area (Å²) in [4.78, 5) is 0. The second-order valence-electron chi connectivity index (χ2n) is 14.8. The lowest BCUT2D eigenvalue weighted by Crippen LogP contribution is -2.51. The fourth-order valence-corrected chi connectivity index (χ4v) is 17.5. The predicted molar refractivity (Wildman–Crippen MR) is 225 cm³/mol. The van der Waals surface area contributed by atoms with Crippen molar-refractivity contribution in [2.75, 3.05) is 0 Å². The monoisotopic (exact) mass is 694 g/mol. The Morgan fingerprint density at radius 2 is 0.583 bits per heavy atom. The van der Waals surface area contributed by atoms with Gasteiger partial charge in [0.25, 0.3) is 0 Å². The fraction of sp³-hybridized carbons (Fsp3) is 0.182. The average Bonchev–Trinajstić information content (AvgIpc) is 3.07. The largest absolute Gasteiger partial charge is 0.0784 e. The highest BCUT2D eigenvalue weighted by atomic mass is 31.1. The summed E-state index contributed by atoms with van der Waals surface area (Å²) in [5.41, 5.74) is 5.69. The predicted octanol–water partition coefficient (Wildman–Crippen LogP) is 8.58. The van der Waals surface area contributed by atoms with Crippen LogP contribution in [0.2, 0.25) is 39.3 Å². The zero-order chi connectivity index (χ0) is 34.1. The molecule has 0 saturated carbocycles. The van der Waals surface area contributed by atoms with Gasteiger partial charge in [-0.1, -0.05) is 195 Å². The molecule has 0 aliphatic heterocycles. The van der Waals surface area contributed by atoms with E-state index >= 15 is 0 Å². The molecule has 0 heterocycles. The molecule has 48 heavy (non-hydrogen) atoms. The van der Waals surface area contributed by atoms with Gasteiger partial charge in [-0.05, 0) is 83.8 Å². The molecule has 0 N–H and O–H groups in total. The molecule has 0 fully saturated rings. The first-order valence-electron chi connectivity index (χ1n) is 17.1. The third kappa shape index (κ3) is 7.01. The van der Waals surface area contributed by atoms with Gasteiger partial charge < -0.3 is 0 Å². The summed E-state index contributed by atoms with van der Waals surface area (Å²) in [5, 5.41) is 11.9. The Balaban J connectivity index is 1.83. The maximum absolute atomic E-state index is 2.53. The molecule has 4 heteroatoms. The highest BCUT2D eigenvalue weighted by molar-refractivity contribution is 7.81. The van der Waals surface area contributed by atoms with Crippen LogP contribution in [-0.4, -0.2) is 16.1 Å². The summed E-state index contributed by atoms with van der Waals surface area (Å²) in [5.74, 6) is 0. The van der Waals surface area contributed by atoms with Gasteiger partial charge in [-0.15, -0.1) is 0 Å². The summed E-state index contributed by atoms with van der Waals surface area (Å²) >= 11 is 0. The van der Waals surface area contributed by atoms with Crippen molar-refractivity contribution in [2.45, 2.75) is 53.1 Å². The number of benzene rings is 6. The Labute approximate surface area is 293 Å². The van der Waals surface area contributed by atoms with Gasteiger partial charge in [-0.2, -0.15) is 0 Å². The average molecular weight is 695 g/mol. The summed E-state index contributed by atoms with van der Waals surface area (Å²) in [6, 6.07) is 55.2. The smallest absolute Gasteiger partial charge is 0.0656 e. The van der Waals surface area contributed by atoms with Crippen LogP contribution in [-0.2, 0) is 0 Å². The van der Waals surface area contributed by atoms with E-state index in [1.165, 1.54) is 43.5 Å². The number of hydrogen-bond donors (Lipinski definition) is 0. The van der Waals surface area contributed by atoms with Gasteiger partial charge in [0.15, 0.2) is 0 Å². The molecular weight excluding hydrogens is 647 g/mol. The number of aryl methyl sites for hydroxylation is 2. The van der Waals surface area contributed by atoms with E-state index in [0.717, 1.165) is 0 Å². The van der Waals surface area contributed by atoms with E-state index in [-0.39, 0.29) is 0 Å². The summed E-state index contributed by atoms with van der Waals surface area (Å²) in [6.07, 6.45) is 0. The van der Waals surface area contributed by atoms with Gasteiger partial charge in [0.1, 0.15) is 0 Å². The van der Waals surface area contributed by atoms with Crippen molar-refractivity contribution in [3.63, 3.8) is 0 Å². The van der Waals surface area contributed by atoms with Gasteiger partial charge in [0.2, 0.25) is 0 Å². The molecule has 0 aliphatic carbocycles. The molecule has 0 atom stereocenters. The normalized spacial score (nSPS) is 12.1. The SMILES string of the molecule is Cc1ccc([Si](C)(C)C)c(P(c2ccccc2)c2ccccc2)c1-c1c(C)ccc([Si](C)(C)C)c1P(c1ccccc1)c1ccccc1. The molecule has 0 saturated heterocycles. The van der Waals surface area contributed by atoms with Crippen molar-refractivity contribution in [1.82, 2.24) is 0 Å². The van der Waals surface area contributed by atoms with Crippen LogP contribution in [0.4, 0.5) is 0 Å². The maximum atomic E-state index is 2.53. The third-order valence-corrected chi connectivity index (χ3v) is 18.7. The van der Waals surface area contributed by atoms with Crippen LogP contribution in [0.5, 0.6) is 0 Å². The van der Waals surface area contributed by atoms with Gasteiger partial charge in [0.05, 0.1) is 16.1 Å². The first kappa shape index (κ1) is 34.5. The Morgan fingerprint density at radius 1 is 0.333 bits per heavy atom. The van der Waals surface area contributed by atoms with E-state index in [1.54, 1.807) is 21.0 Å². The molecule has 0 bridgehead atoms. The zero-order valence-electron chi connectivity index (χ0n) is 29.8. The van der Waals surface area contributed by atoms with E-state index in [0.29, 0.717) is 0 Å². The zero-order valence-corrected chi connectivity index (χ0v) is 33.5. The molecule has 0 amide bonds. The van der Waals surface area contributed by atoms with Crippen molar-refractivity contribution < 1.29 is 0 Å². The lowest BCUT2D eigenvalue weighted by atomic mass is 9.96. The van der Waals surface area contributed by atoms with Gasteiger partial charge in [-0.3, -0.25) is 0 Å². The van der Waals surface area contributed by atoms with Crippen LogP contribution in [0.25, 0.3) is 11.1 Å².